The summed E-state index contributed by atoms with van der Waals surface area (Å²) < 4.78 is 13.3. The number of hydrazone groups is 1. The van der Waals surface area contributed by atoms with Crippen molar-refractivity contribution in [2.45, 2.75) is 6.61 Å². The molecule has 7 nitrogen and oxygen atoms in total. The van der Waals surface area contributed by atoms with Gasteiger partial charge < -0.3 is 9.47 Å². The lowest BCUT2D eigenvalue weighted by Crippen LogP contribution is -2.19. The van der Waals surface area contributed by atoms with E-state index in [-0.39, 0.29) is 5.69 Å². The van der Waals surface area contributed by atoms with E-state index in [9.17, 15) is 4.79 Å². The average Bonchev–Trinajstić information content (AvgIpc) is 3.07. The first-order valence-electron chi connectivity index (χ1n) is 8.64. The normalized spacial score (nSPS) is 11.0. The van der Waals surface area contributed by atoms with Crippen molar-refractivity contribution in [1.29, 1.82) is 0 Å². The first kappa shape index (κ1) is 22.1. The van der Waals surface area contributed by atoms with E-state index in [0.717, 1.165) is 5.56 Å². The fraction of sp³-hybridized carbons (Fsp3) is 0.150. The van der Waals surface area contributed by atoms with Crippen LogP contribution in [-0.4, -0.2) is 29.0 Å². The van der Waals surface area contributed by atoms with Gasteiger partial charge in [-0.15, -0.1) is 0 Å². The Hall–Kier alpha value is -2.55. The molecule has 0 aliphatic rings. The second-order valence-corrected chi connectivity index (χ2v) is 7.81. The van der Waals surface area contributed by atoms with E-state index in [0.29, 0.717) is 38.2 Å². The molecule has 0 bridgehead atoms. The summed E-state index contributed by atoms with van der Waals surface area (Å²) in [5.74, 6) is 0.659. The molecule has 0 aliphatic heterocycles. The molecule has 30 heavy (non-hydrogen) atoms. The Morgan fingerprint density at radius 3 is 2.70 bits per heavy atom. The van der Waals surface area contributed by atoms with Crippen molar-refractivity contribution < 1.29 is 14.3 Å². The van der Waals surface area contributed by atoms with Gasteiger partial charge in [-0.1, -0.05) is 29.3 Å². The smallest absolute Gasteiger partial charge is 0.293 e. The van der Waals surface area contributed by atoms with E-state index in [4.69, 9.17) is 32.7 Å². The fourth-order valence-electron chi connectivity index (χ4n) is 2.51. The van der Waals surface area contributed by atoms with Crippen LogP contribution >= 0.6 is 39.1 Å². The molecule has 0 aliphatic carbocycles. The van der Waals surface area contributed by atoms with Gasteiger partial charge in [-0.05, 0) is 57.4 Å². The number of hydrogen-bond donors (Lipinski definition) is 1. The predicted molar refractivity (Wildman–Crippen MR) is 120 cm³/mol. The third-order valence-corrected chi connectivity index (χ3v) is 5.26. The highest BCUT2D eigenvalue weighted by atomic mass is 79.9. The summed E-state index contributed by atoms with van der Waals surface area (Å²) >= 11 is 15.2. The lowest BCUT2D eigenvalue weighted by Gasteiger charge is -2.11. The first-order valence-corrected chi connectivity index (χ1v) is 10.2. The van der Waals surface area contributed by atoms with Crippen LogP contribution < -0.4 is 14.9 Å². The van der Waals surface area contributed by atoms with Crippen LogP contribution in [0.3, 0.4) is 0 Å². The maximum absolute atomic E-state index is 12.1. The summed E-state index contributed by atoms with van der Waals surface area (Å²) in [5, 5.41) is 8.99. The van der Waals surface area contributed by atoms with Gasteiger partial charge in [0.2, 0.25) is 0 Å². The maximum atomic E-state index is 12.1. The molecule has 0 fully saturated rings. The average molecular weight is 512 g/mol. The van der Waals surface area contributed by atoms with Crippen LogP contribution in [0, 0.1) is 0 Å². The lowest BCUT2D eigenvalue weighted by molar-refractivity contribution is 0.0948. The molecule has 3 aromatic rings. The summed E-state index contributed by atoms with van der Waals surface area (Å²) in [4.78, 5) is 12.1. The number of aromatic nitrogens is 2. The number of nitrogens with one attached hydrogen (secondary N) is 1. The number of hydrogen-bond acceptors (Lipinski definition) is 5. The van der Waals surface area contributed by atoms with Crippen LogP contribution in [0.25, 0.3) is 0 Å². The fourth-order valence-corrected chi connectivity index (χ4v) is 3.38. The number of rotatable bonds is 7. The monoisotopic (exact) mass is 510 g/mol. The van der Waals surface area contributed by atoms with E-state index in [1.165, 1.54) is 10.9 Å². The number of nitrogens with zero attached hydrogens (tertiary/aromatic N) is 3. The van der Waals surface area contributed by atoms with Crippen LogP contribution in [0.4, 0.5) is 0 Å². The molecule has 0 saturated carbocycles. The molecular weight excluding hydrogens is 495 g/mol. The molecule has 0 saturated heterocycles. The molecule has 1 N–H and O–H groups in total. The van der Waals surface area contributed by atoms with Gasteiger partial charge in [-0.25, -0.2) is 5.43 Å². The SMILES string of the molecule is COc1cc(/C=N\NC(=O)c2nn(C)cc2Br)ccc1OCc1ccc(Cl)c(Cl)c1. The number of halogens is 3. The number of aryl methyl sites for hydroxylation is 1. The summed E-state index contributed by atoms with van der Waals surface area (Å²) in [6.45, 7) is 0.301. The quantitative estimate of drug-likeness (QED) is 0.363. The van der Waals surface area contributed by atoms with Gasteiger partial charge in [0.25, 0.3) is 5.91 Å². The molecule has 0 spiro atoms. The van der Waals surface area contributed by atoms with E-state index in [1.54, 1.807) is 50.7 Å². The molecule has 0 radical (unpaired) electrons. The van der Waals surface area contributed by atoms with Crippen molar-refractivity contribution in [3.63, 3.8) is 0 Å². The van der Waals surface area contributed by atoms with Crippen LogP contribution in [0.2, 0.25) is 10.0 Å². The highest BCUT2D eigenvalue weighted by molar-refractivity contribution is 9.10. The van der Waals surface area contributed by atoms with Gasteiger partial charge in [-0.3, -0.25) is 9.48 Å². The van der Waals surface area contributed by atoms with Crippen molar-refractivity contribution >= 4 is 51.3 Å². The van der Waals surface area contributed by atoms with Gasteiger partial charge in [0.15, 0.2) is 17.2 Å². The second kappa shape index (κ2) is 9.97. The second-order valence-electron chi connectivity index (χ2n) is 6.15. The third-order valence-electron chi connectivity index (χ3n) is 3.94. The van der Waals surface area contributed by atoms with Crippen LogP contribution in [0.15, 0.2) is 52.2 Å². The molecule has 1 amide bonds. The molecule has 156 valence electrons. The molecule has 1 heterocycles. The van der Waals surface area contributed by atoms with Crippen molar-refractivity contribution in [3.05, 3.63) is 73.9 Å². The van der Waals surface area contributed by atoms with Crippen molar-refractivity contribution in [2.75, 3.05) is 7.11 Å². The summed E-state index contributed by atoms with van der Waals surface area (Å²) in [6, 6.07) is 10.6. The minimum Gasteiger partial charge on any atom is -0.493 e. The summed E-state index contributed by atoms with van der Waals surface area (Å²) in [6.07, 6.45) is 3.18. The van der Waals surface area contributed by atoms with Crippen molar-refractivity contribution in [2.24, 2.45) is 12.1 Å². The summed E-state index contributed by atoms with van der Waals surface area (Å²) in [5.41, 5.74) is 4.28. The van der Waals surface area contributed by atoms with Crippen molar-refractivity contribution in [1.82, 2.24) is 15.2 Å². The molecule has 2 aromatic carbocycles. The molecule has 10 heteroatoms. The predicted octanol–water partition coefficient (Wildman–Crippen LogP) is 4.84. The zero-order valence-corrected chi connectivity index (χ0v) is 19.1. The molecule has 0 unspecified atom stereocenters. The Morgan fingerprint density at radius 2 is 2.03 bits per heavy atom. The Kier molecular flexibility index (Phi) is 7.36. The standard InChI is InChI=1S/C20H17BrCl2N4O3/c1-27-10-14(21)19(26-27)20(28)25-24-9-12-4-6-17(18(8-12)29-2)30-11-13-3-5-15(22)16(23)7-13/h3-10H,11H2,1-2H3,(H,25,28)/b24-9-. The maximum Gasteiger partial charge on any atom is 0.293 e. The Bertz CT molecular complexity index is 1100. The minimum absolute atomic E-state index is 0.248. The number of benzene rings is 2. The zero-order valence-electron chi connectivity index (χ0n) is 16.0. The van der Waals surface area contributed by atoms with Crippen LogP contribution in [0.5, 0.6) is 11.5 Å². The largest absolute Gasteiger partial charge is 0.493 e. The van der Waals surface area contributed by atoms with Crippen LogP contribution in [0.1, 0.15) is 21.6 Å². The van der Waals surface area contributed by atoms with E-state index < -0.39 is 5.91 Å². The highest BCUT2D eigenvalue weighted by Crippen LogP contribution is 2.29. The van der Waals surface area contributed by atoms with Gasteiger partial charge in [-0.2, -0.15) is 10.2 Å². The topological polar surface area (TPSA) is 77.7 Å². The third kappa shape index (κ3) is 5.53. The number of methoxy groups -OCH3 is 1. The summed E-state index contributed by atoms with van der Waals surface area (Å²) in [7, 11) is 3.27. The number of ether oxygens (including phenoxy) is 2. The Labute approximate surface area is 191 Å². The molecule has 1 aromatic heterocycles. The minimum atomic E-state index is -0.424. The Morgan fingerprint density at radius 1 is 1.23 bits per heavy atom. The van der Waals surface area contributed by atoms with Gasteiger partial charge >= 0.3 is 0 Å². The number of carbonyl (C=O) groups excluding carboxylic acids is 1. The Balaban J connectivity index is 1.64. The van der Waals surface area contributed by atoms with Crippen molar-refractivity contribution in [3.8, 4) is 11.5 Å². The van der Waals surface area contributed by atoms with E-state index >= 15 is 0 Å². The zero-order chi connectivity index (χ0) is 21.7. The number of amides is 1. The molecule has 3 rings (SSSR count). The molecule has 0 atom stereocenters. The first-order chi connectivity index (χ1) is 14.4. The van der Waals surface area contributed by atoms with E-state index in [2.05, 4.69) is 31.6 Å². The van der Waals surface area contributed by atoms with Crippen LogP contribution in [-0.2, 0) is 13.7 Å². The van der Waals surface area contributed by atoms with Gasteiger partial charge in [0.05, 0.1) is 27.8 Å². The highest BCUT2D eigenvalue weighted by Gasteiger charge is 2.13. The number of carbonyl (C=O) groups is 1. The van der Waals surface area contributed by atoms with Gasteiger partial charge in [0, 0.05) is 13.2 Å². The van der Waals surface area contributed by atoms with Gasteiger partial charge in [0.1, 0.15) is 6.61 Å². The lowest BCUT2D eigenvalue weighted by atomic mass is 10.2. The molecular formula is C20H17BrCl2N4O3. The van der Waals surface area contributed by atoms with E-state index in [1.807, 2.05) is 6.07 Å².